The van der Waals surface area contributed by atoms with Crippen LogP contribution in [0, 0.1) is 12.7 Å². The van der Waals surface area contributed by atoms with Crippen LogP contribution in [0.3, 0.4) is 0 Å². The van der Waals surface area contributed by atoms with Crippen molar-refractivity contribution < 1.29 is 9.13 Å². The summed E-state index contributed by atoms with van der Waals surface area (Å²) in [5.41, 5.74) is 7.89. The molecule has 1 atom stereocenters. The summed E-state index contributed by atoms with van der Waals surface area (Å²) >= 11 is 0. The van der Waals surface area contributed by atoms with Gasteiger partial charge in [-0.2, -0.15) is 0 Å². The molecule has 100 valence electrons. The van der Waals surface area contributed by atoms with E-state index in [9.17, 15) is 4.39 Å². The summed E-state index contributed by atoms with van der Waals surface area (Å²) in [6.07, 6.45) is 0.802. The van der Waals surface area contributed by atoms with Crippen molar-refractivity contribution in [2.75, 3.05) is 0 Å². The molecule has 0 spiro atoms. The highest BCUT2D eigenvalue weighted by atomic mass is 19.1. The van der Waals surface area contributed by atoms with Gasteiger partial charge in [0.25, 0.3) is 0 Å². The van der Waals surface area contributed by atoms with Crippen LogP contribution in [0.2, 0.25) is 0 Å². The van der Waals surface area contributed by atoms with Gasteiger partial charge in [0.1, 0.15) is 5.75 Å². The first-order chi connectivity index (χ1) is 9.11. The SMILES string of the molecule is CC[C@H](N)c1ccccc1Oc1cc(C)ccc1F. The Labute approximate surface area is 113 Å². The van der Waals surface area contributed by atoms with E-state index in [1.807, 2.05) is 38.1 Å². The zero-order valence-corrected chi connectivity index (χ0v) is 11.2. The monoisotopic (exact) mass is 259 g/mol. The Bertz CT molecular complexity index is 568. The van der Waals surface area contributed by atoms with Crippen LogP contribution >= 0.6 is 0 Å². The molecule has 0 radical (unpaired) electrons. The van der Waals surface area contributed by atoms with Crippen LogP contribution in [0.4, 0.5) is 4.39 Å². The van der Waals surface area contributed by atoms with Crippen molar-refractivity contribution in [3.05, 3.63) is 59.4 Å². The van der Waals surface area contributed by atoms with Crippen molar-refractivity contribution in [3.63, 3.8) is 0 Å². The van der Waals surface area contributed by atoms with Gasteiger partial charge in [-0.3, -0.25) is 0 Å². The average Bonchev–Trinajstić information content (AvgIpc) is 2.42. The topological polar surface area (TPSA) is 35.2 Å². The molecule has 3 heteroatoms. The van der Waals surface area contributed by atoms with Gasteiger partial charge >= 0.3 is 0 Å². The van der Waals surface area contributed by atoms with Gasteiger partial charge in [-0.25, -0.2) is 4.39 Å². The number of hydrogen-bond acceptors (Lipinski definition) is 2. The number of hydrogen-bond donors (Lipinski definition) is 1. The maximum Gasteiger partial charge on any atom is 0.165 e. The van der Waals surface area contributed by atoms with Crippen molar-refractivity contribution in [1.82, 2.24) is 0 Å². The molecule has 2 aromatic rings. The van der Waals surface area contributed by atoms with E-state index in [2.05, 4.69) is 0 Å². The van der Waals surface area contributed by atoms with Crippen molar-refractivity contribution in [3.8, 4) is 11.5 Å². The summed E-state index contributed by atoms with van der Waals surface area (Å²) in [4.78, 5) is 0. The van der Waals surface area contributed by atoms with Gasteiger partial charge in [-0.15, -0.1) is 0 Å². The van der Waals surface area contributed by atoms with E-state index in [1.54, 1.807) is 12.1 Å². The minimum atomic E-state index is -0.370. The second-order valence-electron chi connectivity index (χ2n) is 4.59. The summed E-state index contributed by atoms with van der Waals surface area (Å²) in [6.45, 7) is 3.91. The molecule has 0 aromatic heterocycles. The lowest BCUT2D eigenvalue weighted by atomic mass is 10.0. The molecule has 0 aliphatic carbocycles. The second kappa shape index (κ2) is 5.85. The molecule has 0 bridgehead atoms. The van der Waals surface area contributed by atoms with Gasteiger partial charge in [0.15, 0.2) is 11.6 Å². The highest BCUT2D eigenvalue weighted by Gasteiger charge is 2.12. The van der Waals surface area contributed by atoms with E-state index >= 15 is 0 Å². The molecule has 2 N–H and O–H groups in total. The van der Waals surface area contributed by atoms with Gasteiger partial charge in [0, 0.05) is 11.6 Å². The number of nitrogens with two attached hydrogens (primary N) is 1. The minimum Gasteiger partial charge on any atom is -0.454 e. The zero-order valence-electron chi connectivity index (χ0n) is 11.2. The Morgan fingerprint density at radius 3 is 2.63 bits per heavy atom. The molecule has 2 aromatic carbocycles. The zero-order chi connectivity index (χ0) is 13.8. The van der Waals surface area contributed by atoms with E-state index in [0.717, 1.165) is 17.5 Å². The number of benzene rings is 2. The first-order valence-corrected chi connectivity index (χ1v) is 6.40. The Morgan fingerprint density at radius 2 is 1.89 bits per heavy atom. The van der Waals surface area contributed by atoms with E-state index in [-0.39, 0.29) is 17.6 Å². The first kappa shape index (κ1) is 13.6. The van der Waals surface area contributed by atoms with Gasteiger partial charge in [-0.05, 0) is 37.1 Å². The highest BCUT2D eigenvalue weighted by Crippen LogP contribution is 2.31. The third-order valence-electron chi connectivity index (χ3n) is 3.06. The third kappa shape index (κ3) is 3.12. The molecule has 0 aliphatic rings. The first-order valence-electron chi connectivity index (χ1n) is 6.40. The smallest absolute Gasteiger partial charge is 0.165 e. The molecular formula is C16H18FNO. The van der Waals surface area contributed by atoms with Gasteiger partial charge < -0.3 is 10.5 Å². The molecule has 0 aliphatic heterocycles. The van der Waals surface area contributed by atoms with Crippen molar-refractivity contribution in [2.24, 2.45) is 5.73 Å². The van der Waals surface area contributed by atoms with E-state index < -0.39 is 0 Å². The van der Waals surface area contributed by atoms with Crippen LogP contribution in [-0.2, 0) is 0 Å². The number of ether oxygens (including phenoxy) is 1. The summed E-state index contributed by atoms with van der Waals surface area (Å²) in [5, 5.41) is 0. The summed E-state index contributed by atoms with van der Waals surface area (Å²) in [5.74, 6) is 0.475. The number of rotatable bonds is 4. The standard InChI is InChI=1S/C16H18FNO/c1-3-14(18)12-6-4-5-7-15(12)19-16-10-11(2)8-9-13(16)17/h4-10,14H,3,18H2,1-2H3/t14-/m0/s1. The van der Waals surface area contributed by atoms with Crippen LogP contribution in [-0.4, -0.2) is 0 Å². The van der Waals surface area contributed by atoms with Gasteiger partial charge in [-0.1, -0.05) is 31.2 Å². The lowest BCUT2D eigenvalue weighted by molar-refractivity contribution is 0.432. The predicted molar refractivity (Wildman–Crippen MR) is 74.9 cm³/mol. The molecule has 0 saturated heterocycles. The van der Waals surface area contributed by atoms with Crippen LogP contribution < -0.4 is 10.5 Å². The molecule has 2 nitrogen and oxygen atoms in total. The molecule has 0 saturated carbocycles. The Kier molecular flexibility index (Phi) is 4.17. The van der Waals surface area contributed by atoms with Crippen LogP contribution in [0.25, 0.3) is 0 Å². The molecular weight excluding hydrogens is 241 g/mol. The number of halogens is 1. The van der Waals surface area contributed by atoms with Crippen molar-refractivity contribution >= 4 is 0 Å². The quantitative estimate of drug-likeness (QED) is 0.886. The Morgan fingerprint density at radius 1 is 1.16 bits per heavy atom. The van der Waals surface area contributed by atoms with E-state index in [0.29, 0.717) is 5.75 Å². The predicted octanol–water partition coefficient (Wildman–Crippen LogP) is 4.34. The minimum absolute atomic E-state index is 0.107. The normalized spacial score (nSPS) is 12.2. The molecule has 0 amide bonds. The number of aryl methyl sites for hydroxylation is 1. The van der Waals surface area contributed by atoms with Crippen molar-refractivity contribution in [1.29, 1.82) is 0 Å². The maximum atomic E-state index is 13.7. The van der Waals surface area contributed by atoms with Gasteiger partial charge in [0.05, 0.1) is 0 Å². The van der Waals surface area contributed by atoms with E-state index in [4.69, 9.17) is 10.5 Å². The fourth-order valence-corrected chi connectivity index (χ4v) is 1.91. The average molecular weight is 259 g/mol. The fraction of sp³-hybridized carbons (Fsp3) is 0.250. The fourth-order valence-electron chi connectivity index (χ4n) is 1.91. The molecule has 0 unspecified atom stereocenters. The van der Waals surface area contributed by atoms with Crippen LogP contribution in [0.15, 0.2) is 42.5 Å². The van der Waals surface area contributed by atoms with Crippen molar-refractivity contribution in [2.45, 2.75) is 26.3 Å². The number of para-hydroxylation sites is 1. The largest absolute Gasteiger partial charge is 0.454 e. The lowest BCUT2D eigenvalue weighted by Crippen LogP contribution is -2.09. The maximum absolute atomic E-state index is 13.7. The summed E-state index contributed by atoms with van der Waals surface area (Å²) < 4.78 is 19.4. The van der Waals surface area contributed by atoms with Gasteiger partial charge in [0.2, 0.25) is 0 Å². The van der Waals surface area contributed by atoms with E-state index in [1.165, 1.54) is 6.07 Å². The molecule has 2 rings (SSSR count). The summed E-state index contributed by atoms with van der Waals surface area (Å²) in [6, 6.07) is 12.2. The Balaban J connectivity index is 2.35. The molecule has 0 heterocycles. The molecule has 19 heavy (non-hydrogen) atoms. The molecule has 0 fully saturated rings. The third-order valence-corrected chi connectivity index (χ3v) is 3.06. The summed E-state index contributed by atoms with van der Waals surface area (Å²) in [7, 11) is 0. The van der Waals surface area contributed by atoms with Crippen LogP contribution in [0.5, 0.6) is 11.5 Å². The Hall–Kier alpha value is -1.87. The van der Waals surface area contributed by atoms with Crippen LogP contribution in [0.1, 0.15) is 30.5 Å². The lowest BCUT2D eigenvalue weighted by Gasteiger charge is -2.16. The second-order valence-corrected chi connectivity index (χ2v) is 4.59. The highest BCUT2D eigenvalue weighted by molar-refractivity contribution is 5.40.